The van der Waals surface area contributed by atoms with E-state index in [1.807, 2.05) is 36.4 Å². The molecule has 0 spiro atoms. The van der Waals surface area contributed by atoms with Gasteiger partial charge >= 0.3 is 0 Å². The van der Waals surface area contributed by atoms with E-state index in [0.29, 0.717) is 0 Å². The third-order valence-electron chi connectivity index (χ3n) is 1.59. The van der Waals surface area contributed by atoms with Crippen LogP contribution in [0.5, 0.6) is 0 Å². The molecular weight excluding hydrogens is 216 g/mol. The number of pyridine rings is 2. The Labute approximate surface area is 94.9 Å². The minimum Gasteiger partial charge on any atom is -0.255 e. The van der Waals surface area contributed by atoms with Crippen molar-refractivity contribution in [3.8, 4) is 11.4 Å². The van der Waals surface area contributed by atoms with E-state index in [0.717, 1.165) is 11.4 Å². The van der Waals surface area contributed by atoms with Gasteiger partial charge < -0.3 is 0 Å². The van der Waals surface area contributed by atoms with Gasteiger partial charge in [0.25, 0.3) is 0 Å². The zero-order valence-electron chi connectivity index (χ0n) is 6.87. The number of aromatic nitrogens is 2. The first-order chi connectivity index (χ1) is 5.97. The maximum Gasteiger partial charge on any atom is 0.0886 e. The van der Waals surface area contributed by atoms with Gasteiger partial charge in [-0.05, 0) is 24.3 Å². The van der Waals surface area contributed by atoms with Crippen LogP contribution in [0.25, 0.3) is 11.4 Å². The molecule has 14 heavy (non-hydrogen) atoms. The van der Waals surface area contributed by atoms with Crippen LogP contribution in [0.15, 0.2) is 48.8 Å². The van der Waals surface area contributed by atoms with Gasteiger partial charge in [-0.25, -0.2) is 0 Å². The Balaban J connectivity index is 0.000000845. The first-order valence-corrected chi connectivity index (χ1v) is 3.79. The standard InChI is InChI=1S/C10H8N2.CH4.Fe/c1-3-7-11-9(5-1)10-6-2-4-8-12-10;;/h1-8H;1H4;. The van der Waals surface area contributed by atoms with Gasteiger partial charge in [-0.15, -0.1) is 0 Å². The van der Waals surface area contributed by atoms with Crippen molar-refractivity contribution in [2.75, 3.05) is 0 Å². The molecule has 0 saturated heterocycles. The summed E-state index contributed by atoms with van der Waals surface area (Å²) in [5, 5.41) is 0. The summed E-state index contributed by atoms with van der Waals surface area (Å²) in [6, 6.07) is 11.6. The molecule has 2 nitrogen and oxygen atoms in total. The first-order valence-electron chi connectivity index (χ1n) is 3.79. The summed E-state index contributed by atoms with van der Waals surface area (Å²) in [5.74, 6) is 0. The van der Waals surface area contributed by atoms with E-state index < -0.39 is 0 Å². The van der Waals surface area contributed by atoms with Gasteiger partial charge in [0.05, 0.1) is 11.4 Å². The largest absolute Gasteiger partial charge is 0.255 e. The summed E-state index contributed by atoms with van der Waals surface area (Å²) in [7, 11) is 0. The Morgan fingerprint density at radius 1 is 0.714 bits per heavy atom. The molecule has 0 aliphatic heterocycles. The molecule has 0 aromatic carbocycles. The molecule has 0 bridgehead atoms. The number of hydrogen-bond donors (Lipinski definition) is 0. The molecule has 0 N–H and O–H groups in total. The summed E-state index contributed by atoms with van der Waals surface area (Å²) < 4.78 is 0. The second-order valence-corrected chi connectivity index (χ2v) is 2.43. The Hall–Kier alpha value is -1.18. The molecular formula is C11H12FeN2. The molecule has 0 amide bonds. The zero-order valence-corrected chi connectivity index (χ0v) is 7.97. The summed E-state index contributed by atoms with van der Waals surface area (Å²) in [4.78, 5) is 8.37. The Bertz CT molecular complexity index is 311. The van der Waals surface area contributed by atoms with Crippen molar-refractivity contribution in [2.24, 2.45) is 0 Å². The number of nitrogens with zero attached hydrogens (tertiary/aromatic N) is 2. The van der Waals surface area contributed by atoms with Gasteiger partial charge in [0.15, 0.2) is 0 Å². The predicted octanol–water partition coefficient (Wildman–Crippen LogP) is 2.78. The predicted molar refractivity (Wildman–Crippen MR) is 54.2 cm³/mol. The van der Waals surface area contributed by atoms with Crippen LogP contribution in [0.4, 0.5) is 0 Å². The van der Waals surface area contributed by atoms with Gasteiger partial charge in [0.2, 0.25) is 0 Å². The van der Waals surface area contributed by atoms with Gasteiger partial charge in [-0.3, -0.25) is 9.97 Å². The third kappa shape index (κ3) is 2.95. The topological polar surface area (TPSA) is 25.8 Å². The number of hydrogen-bond acceptors (Lipinski definition) is 2. The quantitative estimate of drug-likeness (QED) is 0.701. The fourth-order valence-corrected chi connectivity index (χ4v) is 1.03. The van der Waals surface area contributed by atoms with E-state index in [1.165, 1.54) is 0 Å². The van der Waals surface area contributed by atoms with Crippen LogP contribution in [-0.4, -0.2) is 9.97 Å². The molecule has 0 radical (unpaired) electrons. The SMILES string of the molecule is C.[Fe].c1ccc(-c2ccccn2)nc1. The van der Waals surface area contributed by atoms with Crippen molar-refractivity contribution in [1.82, 2.24) is 9.97 Å². The van der Waals surface area contributed by atoms with Crippen molar-refractivity contribution < 1.29 is 17.1 Å². The van der Waals surface area contributed by atoms with E-state index in [9.17, 15) is 0 Å². The molecule has 2 rings (SSSR count). The van der Waals surface area contributed by atoms with Gasteiger partial charge in [0.1, 0.15) is 0 Å². The van der Waals surface area contributed by atoms with E-state index in [-0.39, 0.29) is 24.5 Å². The van der Waals surface area contributed by atoms with Crippen molar-refractivity contribution >= 4 is 0 Å². The van der Waals surface area contributed by atoms with Crippen molar-refractivity contribution in [3.05, 3.63) is 48.8 Å². The normalized spacial score (nSPS) is 8.29. The van der Waals surface area contributed by atoms with E-state index in [1.54, 1.807) is 12.4 Å². The van der Waals surface area contributed by atoms with Gasteiger partial charge in [0, 0.05) is 29.5 Å². The third-order valence-corrected chi connectivity index (χ3v) is 1.59. The zero-order chi connectivity index (χ0) is 8.23. The molecule has 74 valence electrons. The van der Waals surface area contributed by atoms with E-state index in [4.69, 9.17) is 0 Å². The molecule has 2 heterocycles. The van der Waals surface area contributed by atoms with Gasteiger partial charge in [-0.1, -0.05) is 19.6 Å². The second kappa shape index (κ2) is 6.30. The summed E-state index contributed by atoms with van der Waals surface area (Å²) in [5.41, 5.74) is 1.83. The van der Waals surface area contributed by atoms with Crippen LogP contribution in [0.1, 0.15) is 7.43 Å². The average Bonchev–Trinajstić information content (AvgIpc) is 2.21. The molecule has 2 aromatic heterocycles. The molecule has 0 atom stereocenters. The maximum atomic E-state index is 4.19. The number of rotatable bonds is 1. The molecule has 3 heteroatoms. The van der Waals surface area contributed by atoms with Crippen molar-refractivity contribution in [2.45, 2.75) is 7.43 Å². The molecule has 0 fully saturated rings. The minimum atomic E-state index is 0. The molecule has 2 aromatic rings. The molecule has 0 aliphatic rings. The van der Waals surface area contributed by atoms with Crippen LogP contribution in [0, 0.1) is 0 Å². The monoisotopic (exact) mass is 228 g/mol. The Kier molecular flexibility index (Phi) is 5.77. The van der Waals surface area contributed by atoms with Crippen LogP contribution in [-0.2, 0) is 17.1 Å². The van der Waals surface area contributed by atoms with Crippen molar-refractivity contribution in [3.63, 3.8) is 0 Å². The van der Waals surface area contributed by atoms with Crippen LogP contribution < -0.4 is 0 Å². The maximum absolute atomic E-state index is 4.19. The summed E-state index contributed by atoms with van der Waals surface area (Å²) in [6.07, 6.45) is 3.54. The Morgan fingerprint density at radius 2 is 1.14 bits per heavy atom. The first kappa shape index (κ1) is 12.8. The van der Waals surface area contributed by atoms with Crippen LogP contribution in [0.2, 0.25) is 0 Å². The molecule has 0 unspecified atom stereocenters. The fourth-order valence-electron chi connectivity index (χ4n) is 1.03. The summed E-state index contributed by atoms with van der Waals surface area (Å²) in [6.45, 7) is 0. The Morgan fingerprint density at radius 3 is 1.43 bits per heavy atom. The smallest absolute Gasteiger partial charge is 0.0886 e. The van der Waals surface area contributed by atoms with Gasteiger partial charge in [-0.2, -0.15) is 0 Å². The molecule has 0 saturated carbocycles. The van der Waals surface area contributed by atoms with Crippen LogP contribution >= 0.6 is 0 Å². The molecule has 0 aliphatic carbocycles. The minimum absolute atomic E-state index is 0. The van der Waals surface area contributed by atoms with E-state index in [2.05, 4.69) is 9.97 Å². The average molecular weight is 228 g/mol. The second-order valence-electron chi connectivity index (χ2n) is 2.43. The van der Waals surface area contributed by atoms with Crippen LogP contribution in [0.3, 0.4) is 0 Å². The fraction of sp³-hybridized carbons (Fsp3) is 0.0909. The van der Waals surface area contributed by atoms with Crippen molar-refractivity contribution in [1.29, 1.82) is 0 Å². The summed E-state index contributed by atoms with van der Waals surface area (Å²) >= 11 is 0. The van der Waals surface area contributed by atoms with E-state index >= 15 is 0 Å².